The molecule has 0 bridgehead atoms. The van der Waals surface area contributed by atoms with E-state index in [4.69, 9.17) is 14.2 Å². The molecule has 3 rings (SSSR count). The fraction of sp³-hybridized carbons (Fsp3) is 0.364. The molecule has 172 valence electrons. The lowest BCUT2D eigenvalue weighted by Gasteiger charge is -2.26. The summed E-state index contributed by atoms with van der Waals surface area (Å²) < 4.78 is 42.3. The van der Waals surface area contributed by atoms with Crippen molar-refractivity contribution in [2.24, 2.45) is 0 Å². The number of nitrogens with one attached hydrogen (secondary N) is 1. The van der Waals surface area contributed by atoms with Gasteiger partial charge in [-0.05, 0) is 55.0 Å². The van der Waals surface area contributed by atoms with Crippen LogP contribution in [0.4, 0.5) is 5.69 Å². The fourth-order valence-corrected chi connectivity index (χ4v) is 4.37. The molecule has 1 amide bonds. The molecule has 1 aliphatic heterocycles. The number of esters is 1. The van der Waals surface area contributed by atoms with Gasteiger partial charge in [0, 0.05) is 18.8 Å². The van der Waals surface area contributed by atoms with E-state index in [1.54, 1.807) is 24.3 Å². The van der Waals surface area contributed by atoms with E-state index in [1.165, 1.54) is 28.6 Å². The summed E-state index contributed by atoms with van der Waals surface area (Å²) in [5.74, 6) is -0.514. The van der Waals surface area contributed by atoms with Gasteiger partial charge >= 0.3 is 5.97 Å². The third-order valence-corrected chi connectivity index (χ3v) is 6.56. The van der Waals surface area contributed by atoms with Crippen LogP contribution < -0.4 is 10.1 Å². The highest BCUT2D eigenvalue weighted by atomic mass is 32.2. The van der Waals surface area contributed by atoms with E-state index in [1.807, 2.05) is 6.92 Å². The number of hydrogen-bond donors (Lipinski definition) is 1. The van der Waals surface area contributed by atoms with E-state index >= 15 is 0 Å². The predicted octanol–water partition coefficient (Wildman–Crippen LogP) is 2.29. The van der Waals surface area contributed by atoms with E-state index in [9.17, 15) is 18.0 Å². The molecular weight excluding hydrogens is 436 g/mol. The van der Waals surface area contributed by atoms with Gasteiger partial charge in [0.25, 0.3) is 5.91 Å². The maximum atomic E-state index is 12.6. The lowest BCUT2D eigenvalue weighted by Crippen LogP contribution is -2.40. The normalized spacial score (nSPS) is 14.5. The lowest BCUT2D eigenvalue weighted by molar-refractivity contribution is -0.119. The van der Waals surface area contributed by atoms with Gasteiger partial charge in [0.1, 0.15) is 5.75 Å². The van der Waals surface area contributed by atoms with Crippen LogP contribution in [0.15, 0.2) is 53.4 Å². The van der Waals surface area contributed by atoms with Crippen LogP contribution in [0.25, 0.3) is 0 Å². The number of ether oxygens (including phenoxy) is 3. The Bertz CT molecular complexity index is 1020. The summed E-state index contributed by atoms with van der Waals surface area (Å²) in [6, 6.07) is 12.3. The van der Waals surface area contributed by atoms with Crippen molar-refractivity contribution in [3.05, 3.63) is 54.1 Å². The summed E-state index contributed by atoms with van der Waals surface area (Å²) in [5, 5.41) is 2.57. The van der Waals surface area contributed by atoms with Gasteiger partial charge in [0.2, 0.25) is 10.0 Å². The van der Waals surface area contributed by atoms with E-state index in [0.717, 1.165) is 6.42 Å². The average Bonchev–Trinajstić information content (AvgIpc) is 2.82. The van der Waals surface area contributed by atoms with Crippen molar-refractivity contribution in [3.63, 3.8) is 0 Å². The number of amides is 1. The molecule has 0 radical (unpaired) electrons. The lowest BCUT2D eigenvalue weighted by atomic mass is 10.2. The van der Waals surface area contributed by atoms with Crippen molar-refractivity contribution in [3.8, 4) is 5.75 Å². The molecule has 1 N–H and O–H groups in total. The number of carbonyl (C=O) groups excluding carboxylic acids is 2. The number of nitrogens with zero attached hydrogens (tertiary/aromatic N) is 1. The number of benzene rings is 2. The maximum absolute atomic E-state index is 12.6. The largest absolute Gasteiger partial charge is 0.494 e. The molecule has 0 saturated carbocycles. The van der Waals surface area contributed by atoms with Crippen LogP contribution >= 0.6 is 0 Å². The molecule has 0 aromatic heterocycles. The molecule has 9 nitrogen and oxygen atoms in total. The number of anilines is 1. The first-order valence-electron chi connectivity index (χ1n) is 10.3. The van der Waals surface area contributed by atoms with E-state index in [-0.39, 0.29) is 4.90 Å². The summed E-state index contributed by atoms with van der Waals surface area (Å²) in [6.45, 7) is 3.45. The summed E-state index contributed by atoms with van der Waals surface area (Å²) in [7, 11) is -3.61. The minimum absolute atomic E-state index is 0.134. The highest BCUT2D eigenvalue weighted by Crippen LogP contribution is 2.19. The molecule has 2 aromatic rings. The molecule has 1 fully saturated rings. The topological polar surface area (TPSA) is 111 Å². The number of morpholine rings is 1. The first-order chi connectivity index (χ1) is 15.4. The standard InChI is InChI=1S/C22H26N2O7S/c1-2-13-30-19-7-3-17(4-8-19)22(26)31-16-21(25)23-18-5-9-20(10-6-18)32(27,28)24-11-14-29-15-12-24/h3-10H,2,11-16H2,1H3,(H,23,25). The van der Waals surface area contributed by atoms with Crippen LogP contribution in [0.1, 0.15) is 23.7 Å². The molecule has 10 heteroatoms. The van der Waals surface area contributed by atoms with Crippen molar-refractivity contribution >= 4 is 27.6 Å². The number of hydrogen-bond acceptors (Lipinski definition) is 7. The second kappa shape index (κ2) is 11.1. The van der Waals surface area contributed by atoms with Gasteiger partial charge in [-0.3, -0.25) is 4.79 Å². The van der Waals surface area contributed by atoms with Gasteiger partial charge in [0.15, 0.2) is 6.61 Å². The van der Waals surface area contributed by atoms with Crippen LogP contribution in [-0.2, 0) is 24.3 Å². The highest BCUT2D eigenvalue weighted by molar-refractivity contribution is 7.89. The third kappa shape index (κ3) is 6.28. The number of sulfonamides is 1. The molecule has 0 spiro atoms. The highest BCUT2D eigenvalue weighted by Gasteiger charge is 2.26. The zero-order chi connectivity index (χ0) is 23.0. The SMILES string of the molecule is CCCOc1ccc(C(=O)OCC(=O)Nc2ccc(S(=O)(=O)N3CCOCC3)cc2)cc1. The summed E-state index contributed by atoms with van der Waals surface area (Å²) in [5.41, 5.74) is 0.698. The van der Waals surface area contributed by atoms with Gasteiger partial charge in [-0.2, -0.15) is 4.31 Å². The summed E-state index contributed by atoms with van der Waals surface area (Å²) in [6.07, 6.45) is 0.880. The fourth-order valence-electron chi connectivity index (χ4n) is 2.96. The second-order valence-corrected chi connectivity index (χ2v) is 8.98. The first-order valence-corrected chi connectivity index (χ1v) is 11.7. The Labute approximate surface area is 187 Å². The monoisotopic (exact) mass is 462 g/mol. The van der Waals surface area contributed by atoms with Gasteiger partial charge < -0.3 is 19.5 Å². The Morgan fingerprint density at radius 2 is 1.69 bits per heavy atom. The molecule has 0 unspecified atom stereocenters. The Morgan fingerprint density at radius 3 is 2.31 bits per heavy atom. The second-order valence-electron chi connectivity index (χ2n) is 7.04. The van der Waals surface area contributed by atoms with Gasteiger partial charge in [-0.25, -0.2) is 13.2 Å². The Morgan fingerprint density at radius 1 is 1.03 bits per heavy atom. The van der Waals surface area contributed by atoms with Crippen molar-refractivity contribution in [1.82, 2.24) is 4.31 Å². The van der Waals surface area contributed by atoms with Crippen LogP contribution in [-0.4, -0.2) is 64.1 Å². The molecule has 32 heavy (non-hydrogen) atoms. The van der Waals surface area contributed by atoms with Crippen molar-refractivity contribution in [2.75, 3.05) is 44.8 Å². The van der Waals surface area contributed by atoms with Crippen molar-refractivity contribution in [1.29, 1.82) is 0 Å². The Kier molecular flexibility index (Phi) is 8.20. The number of rotatable bonds is 9. The smallest absolute Gasteiger partial charge is 0.338 e. The molecule has 0 atom stereocenters. The van der Waals surface area contributed by atoms with Crippen molar-refractivity contribution < 1.29 is 32.2 Å². The van der Waals surface area contributed by atoms with E-state index < -0.39 is 28.5 Å². The van der Waals surface area contributed by atoms with Crippen LogP contribution in [0.5, 0.6) is 5.75 Å². The third-order valence-electron chi connectivity index (χ3n) is 4.64. The summed E-state index contributed by atoms with van der Waals surface area (Å²) >= 11 is 0. The predicted molar refractivity (Wildman–Crippen MR) is 117 cm³/mol. The molecular formula is C22H26N2O7S. The summed E-state index contributed by atoms with van der Waals surface area (Å²) in [4.78, 5) is 24.3. The average molecular weight is 463 g/mol. The van der Waals surface area contributed by atoms with Crippen LogP contribution in [0.3, 0.4) is 0 Å². The molecule has 1 saturated heterocycles. The number of carbonyl (C=O) groups is 2. The molecule has 0 aliphatic carbocycles. The molecule has 2 aromatic carbocycles. The zero-order valence-corrected chi connectivity index (χ0v) is 18.6. The Hall–Kier alpha value is -2.95. The molecule has 1 aliphatic rings. The minimum Gasteiger partial charge on any atom is -0.494 e. The quantitative estimate of drug-likeness (QED) is 0.569. The first kappa shape index (κ1) is 23.7. The van der Waals surface area contributed by atoms with E-state index in [0.29, 0.717) is 49.9 Å². The Balaban J connectivity index is 1.50. The van der Waals surface area contributed by atoms with Gasteiger partial charge in [-0.1, -0.05) is 6.92 Å². The van der Waals surface area contributed by atoms with Crippen molar-refractivity contribution in [2.45, 2.75) is 18.2 Å². The van der Waals surface area contributed by atoms with Crippen LogP contribution in [0.2, 0.25) is 0 Å². The minimum atomic E-state index is -3.61. The zero-order valence-electron chi connectivity index (χ0n) is 17.8. The van der Waals surface area contributed by atoms with E-state index in [2.05, 4.69) is 5.32 Å². The van der Waals surface area contributed by atoms with Gasteiger partial charge in [0.05, 0.1) is 30.3 Å². The molecule has 1 heterocycles. The van der Waals surface area contributed by atoms with Gasteiger partial charge in [-0.15, -0.1) is 0 Å². The van der Waals surface area contributed by atoms with Crippen LogP contribution in [0, 0.1) is 0 Å². The maximum Gasteiger partial charge on any atom is 0.338 e.